The molecule has 4 aromatic rings. The number of nitrogens with zero attached hydrogens (tertiary/aromatic N) is 2. The van der Waals surface area contributed by atoms with Gasteiger partial charge >= 0.3 is 5.97 Å². The van der Waals surface area contributed by atoms with Gasteiger partial charge in [-0.15, -0.1) is 0 Å². The zero-order chi connectivity index (χ0) is 24.9. The number of hydrogen-bond donors (Lipinski definition) is 1. The molecule has 3 aromatic carbocycles. The molecule has 9 heteroatoms. The number of hydrogen-bond acceptors (Lipinski definition) is 7. The van der Waals surface area contributed by atoms with Gasteiger partial charge in [0.25, 0.3) is 11.5 Å². The zero-order valence-corrected chi connectivity index (χ0v) is 19.4. The van der Waals surface area contributed by atoms with Crippen LogP contribution in [0, 0.1) is 0 Å². The Morgan fingerprint density at radius 3 is 2.17 bits per heavy atom. The van der Waals surface area contributed by atoms with Crippen molar-refractivity contribution < 1.29 is 23.8 Å². The van der Waals surface area contributed by atoms with Crippen LogP contribution in [0.3, 0.4) is 0 Å². The van der Waals surface area contributed by atoms with Crippen LogP contribution in [0.1, 0.15) is 26.4 Å². The first-order valence-corrected chi connectivity index (χ1v) is 10.7. The van der Waals surface area contributed by atoms with Crippen LogP contribution in [0.15, 0.2) is 71.5 Å². The molecule has 0 bridgehead atoms. The fraction of sp³-hybridized carbons (Fsp3) is 0.154. The number of anilines is 1. The Balaban J connectivity index is 1.81. The molecule has 35 heavy (non-hydrogen) atoms. The molecule has 4 rings (SSSR count). The molecule has 9 nitrogen and oxygen atoms in total. The molecule has 0 aliphatic rings. The predicted molar refractivity (Wildman–Crippen MR) is 130 cm³/mol. The number of aromatic nitrogens is 2. The highest BCUT2D eigenvalue weighted by molar-refractivity contribution is 6.13. The largest absolute Gasteiger partial charge is 0.493 e. The topological polar surface area (TPSA) is 109 Å². The lowest BCUT2D eigenvalue weighted by molar-refractivity contribution is 0.0601. The van der Waals surface area contributed by atoms with Crippen LogP contribution in [-0.2, 0) is 11.3 Å². The first-order chi connectivity index (χ1) is 17.0. The normalized spacial score (nSPS) is 10.6. The van der Waals surface area contributed by atoms with Gasteiger partial charge in [-0.1, -0.05) is 48.5 Å². The summed E-state index contributed by atoms with van der Waals surface area (Å²) >= 11 is 0. The lowest BCUT2D eigenvalue weighted by Crippen LogP contribution is -2.28. The van der Waals surface area contributed by atoms with E-state index in [0.29, 0.717) is 22.3 Å². The second kappa shape index (κ2) is 10.1. The van der Waals surface area contributed by atoms with Crippen LogP contribution in [-0.4, -0.2) is 43.0 Å². The molecule has 1 aromatic heterocycles. The standard InChI is InChI=1S/C26H23N3O6/c1-33-21-13-19(26(32)35-3)20(14-22(21)34-2)27-24(30)23-17-11-7-8-12-18(17)25(31)29(28-23)15-16-9-5-4-6-10-16/h4-14H,15H2,1-3H3,(H,27,30). The number of carbonyl (C=O) groups excluding carboxylic acids is 2. The van der Waals surface area contributed by atoms with Crippen LogP contribution < -0.4 is 20.3 Å². The average molecular weight is 473 g/mol. The van der Waals surface area contributed by atoms with E-state index in [2.05, 4.69) is 10.4 Å². The van der Waals surface area contributed by atoms with Gasteiger partial charge in [0.2, 0.25) is 0 Å². The summed E-state index contributed by atoms with van der Waals surface area (Å²) < 4.78 is 16.7. The number of ether oxygens (including phenoxy) is 3. The van der Waals surface area contributed by atoms with E-state index in [1.165, 1.54) is 38.1 Å². The highest BCUT2D eigenvalue weighted by atomic mass is 16.5. The van der Waals surface area contributed by atoms with Crippen molar-refractivity contribution in [1.82, 2.24) is 9.78 Å². The Hall–Kier alpha value is -4.66. The van der Waals surface area contributed by atoms with Crippen molar-refractivity contribution in [3.63, 3.8) is 0 Å². The van der Waals surface area contributed by atoms with Crippen LogP contribution >= 0.6 is 0 Å². The number of nitrogens with one attached hydrogen (secondary N) is 1. The van der Waals surface area contributed by atoms with Crippen molar-refractivity contribution in [3.8, 4) is 11.5 Å². The molecule has 1 N–H and O–H groups in total. The Morgan fingerprint density at radius 1 is 0.886 bits per heavy atom. The van der Waals surface area contributed by atoms with Crippen molar-refractivity contribution in [2.45, 2.75) is 6.54 Å². The molecule has 0 saturated heterocycles. The molecular weight excluding hydrogens is 450 g/mol. The Kier molecular flexibility index (Phi) is 6.77. The summed E-state index contributed by atoms with van der Waals surface area (Å²) in [5.41, 5.74) is 0.785. The van der Waals surface area contributed by atoms with Crippen LogP contribution in [0.2, 0.25) is 0 Å². The first kappa shape index (κ1) is 23.5. The third-order valence-electron chi connectivity index (χ3n) is 5.44. The van der Waals surface area contributed by atoms with Gasteiger partial charge in [0, 0.05) is 17.5 Å². The number of carbonyl (C=O) groups is 2. The third-order valence-corrected chi connectivity index (χ3v) is 5.44. The molecular formula is C26H23N3O6. The molecule has 0 aliphatic heterocycles. The number of fused-ring (bicyclic) bond motifs is 1. The fourth-order valence-electron chi connectivity index (χ4n) is 3.71. The number of amides is 1. The van der Waals surface area contributed by atoms with E-state index in [4.69, 9.17) is 14.2 Å². The Labute approximate surface area is 200 Å². The number of esters is 1. The maximum absolute atomic E-state index is 13.4. The molecule has 178 valence electrons. The second-order valence-corrected chi connectivity index (χ2v) is 7.54. The molecule has 1 heterocycles. The van der Waals surface area contributed by atoms with Gasteiger partial charge in [0.05, 0.1) is 44.5 Å². The first-order valence-electron chi connectivity index (χ1n) is 10.7. The quantitative estimate of drug-likeness (QED) is 0.409. The fourth-order valence-corrected chi connectivity index (χ4v) is 3.71. The van der Waals surface area contributed by atoms with Gasteiger partial charge in [0.15, 0.2) is 17.2 Å². The van der Waals surface area contributed by atoms with Gasteiger partial charge < -0.3 is 19.5 Å². The van der Waals surface area contributed by atoms with Crippen molar-refractivity contribution in [1.29, 1.82) is 0 Å². The van der Waals surface area contributed by atoms with Gasteiger partial charge in [-0.25, -0.2) is 9.48 Å². The minimum atomic E-state index is -0.673. The summed E-state index contributed by atoms with van der Waals surface area (Å²) in [6, 6.07) is 19.0. The highest BCUT2D eigenvalue weighted by Gasteiger charge is 2.22. The van der Waals surface area contributed by atoms with Crippen LogP contribution in [0.5, 0.6) is 11.5 Å². The summed E-state index contributed by atoms with van der Waals surface area (Å²) in [6.45, 7) is 0.189. The SMILES string of the molecule is COC(=O)c1cc(OC)c(OC)cc1NC(=O)c1nn(Cc2ccccc2)c(=O)c2ccccc12. The van der Waals surface area contributed by atoms with E-state index >= 15 is 0 Å². The Bertz CT molecular complexity index is 1460. The zero-order valence-electron chi connectivity index (χ0n) is 19.4. The molecule has 0 atom stereocenters. The molecule has 1 amide bonds. The van der Waals surface area contributed by atoms with Gasteiger partial charge in [-0.3, -0.25) is 9.59 Å². The van der Waals surface area contributed by atoms with Crippen molar-refractivity contribution in [3.05, 3.63) is 93.9 Å². The summed E-state index contributed by atoms with van der Waals surface area (Å²) in [7, 11) is 4.11. The van der Waals surface area contributed by atoms with E-state index in [1.807, 2.05) is 30.3 Å². The number of rotatable bonds is 7. The molecule has 0 radical (unpaired) electrons. The maximum atomic E-state index is 13.4. The molecule has 0 saturated carbocycles. The summed E-state index contributed by atoms with van der Waals surface area (Å²) in [4.78, 5) is 38.9. The van der Waals surface area contributed by atoms with E-state index in [0.717, 1.165) is 5.56 Å². The van der Waals surface area contributed by atoms with E-state index < -0.39 is 11.9 Å². The van der Waals surface area contributed by atoms with Crippen molar-refractivity contribution >= 4 is 28.3 Å². The summed E-state index contributed by atoms with van der Waals surface area (Å²) in [6.07, 6.45) is 0. The molecule has 0 spiro atoms. The molecule has 0 fully saturated rings. The van der Waals surface area contributed by atoms with Gasteiger partial charge in [0.1, 0.15) is 0 Å². The second-order valence-electron chi connectivity index (χ2n) is 7.54. The highest BCUT2D eigenvalue weighted by Crippen LogP contribution is 2.34. The molecule has 0 unspecified atom stereocenters. The van der Waals surface area contributed by atoms with E-state index in [-0.39, 0.29) is 29.0 Å². The smallest absolute Gasteiger partial charge is 0.340 e. The predicted octanol–water partition coefficient (Wildman–Crippen LogP) is 3.50. The van der Waals surface area contributed by atoms with Crippen LogP contribution in [0.25, 0.3) is 10.8 Å². The van der Waals surface area contributed by atoms with Crippen molar-refractivity contribution in [2.75, 3.05) is 26.6 Å². The minimum Gasteiger partial charge on any atom is -0.493 e. The Morgan fingerprint density at radius 2 is 1.51 bits per heavy atom. The van der Waals surface area contributed by atoms with E-state index in [1.54, 1.807) is 24.3 Å². The van der Waals surface area contributed by atoms with E-state index in [9.17, 15) is 14.4 Å². The molecule has 0 aliphatic carbocycles. The summed E-state index contributed by atoms with van der Waals surface area (Å²) in [5, 5.41) is 7.84. The lowest BCUT2D eigenvalue weighted by atomic mass is 10.1. The minimum absolute atomic E-state index is 0.0294. The van der Waals surface area contributed by atoms with Gasteiger partial charge in [-0.05, 0) is 11.6 Å². The summed E-state index contributed by atoms with van der Waals surface area (Å²) in [5.74, 6) is -0.679. The third kappa shape index (κ3) is 4.70. The van der Waals surface area contributed by atoms with Crippen molar-refractivity contribution in [2.24, 2.45) is 0 Å². The number of benzene rings is 3. The maximum Gasteiger partial charge on any atom is 0.340 e. The monoisotopic (exact) mass is 473 g/mol. The lowest BCUT2D eigenvalue weighted by Gasteiger charge is -2.15. The average Bonchev–Trinajstić information content (AvgIpc) is 2.90. The van der Waals surface area contributed by atoms with Gasteiger partial charge in [-0.2, -0.15) is 5.10 Å². The number of methoxy groups -OCH3 is 3. The van der Waals surface area contributed by atoms with Crippen LogP contribution in [0.4, 0.5) is 5.69 Å².